The SMILES string of the molecule is CC.CCOCc1ccccc1-c1cccc(C)c1. The van der Waals surface area contributed by atoms with Crippen LogP contribution in [0.2, 0.25) is 0 Å². The first-order valence-corrected chi connectivity index (χ1v) is 7.04. The van der Waals surface area contributed by atoms with Crippen LogP contribution in [0.15, 0.2) is 48.5 Å². The Labute approximate surface area is 117 Å². The summed E-state index contributed by atoms with van der Waals surface area (Å²) in [5, 5.41) is 0. The number of hydrogen-bond donors (Lipinski definition) is 0. The van der Waals surface area contributed by atoms with Crippen LogP contribution in [0.3, 0.4) is 0 Å². The predicted molar refractivity (Wildman–Crippen MR) is 83.3 cm³/mol. The van der Waals surface area contributed by atoms with E-state index < -0.39 is 0 Å². The Hall–Kier alpha value is -1.60. The van der Waals surface area contributed by atoms with E-state index in [1.54, 1.807) is 0 Å². The molecule has 0 aliphatic rings. The van der Waals surface area contributed by atoms with Gasteiger partial charge in [0.1, 0.15) is 0 Å². The molecule has 1 nitrogen and oxygen atoms in total. The Kier molecular flexibility index (Phi) is 6.91. The lowest BCUT2D eigenvalue weighted by molar-refractivity contribution is 0.134. The number of aryl methyl sites for hydroxylation is 1. The summed E-state index contributed by atoms with van der Waals surface area (Å²) in [6.07, 6.45) is 0. The van der Waals surface area contributed by atoms with E-state index in [0.717, 1.165) is 6.61 Å². The molecule has 102 valence electrons. The maximum Gasteiger partial charge on any atom is 0.0722 e. The summed E-state index contributed by atoms with van der Waals surface area (Å²) in [6, 6.07) is 17.0. The van der Waals surface area contributed by atoms with Gasteiger partial charge in [-0.2, -0.15) is 0 Å². The molecule has 0 unspecified atom stereocenters. The van der Waals surface area contributed by atoms with Crippen molar-refractivity contribution in [3.8, 4) is 11.1 Å². The summed E-state index contributed by atoms with van der Waals surface area (Å²) < 4.78 is 5.51. The topological polar surface area (TPSA) is 9.23 Å². The highest BCUT2D eigenvalue weighted by Gasteiger charge is 2.04. The van der Waals surface area contributed by atoms with Crippen molar-refractivity contribution in [2.75, 3.05) is 6.61 Å². The molecule has 0 amide bonds. The summed E-state index contributed by atoms with van der Waals surface area (Å²) in [4.78, 5) is 0. The van der Waals surface area contributed by atoms with E-state index in [9.17, 15) is 0 Å². The highest BCUT2D eigenvalue weighted by molar-refractivity contribution is 5.67. The minimum Gasteiger partial charge on any atom is -0.377 e. The van der Waals surface area contributed by atoms with Crippen molar-refractivity contribution >= 4 is 0 Å². The summed E-state index contributed by atoms with van der Waals surface area (Å²) in [5.41, 5.74) is 5.07. The number of benzene rings is 2. The second kappa shape index (κ2) is 8.49. The molecule has 0 N–H and O–H groups in total. The Morgan fingerprint density at radius 3 is 2.37 bits per heavy atom. The zero-order valence-electron chi connectivity index (χ0n) is 12.4. The minimum absolute atomic E-state index is 0.681. The number of rotatable bonds is 4. The smallest absolute Gasteiger partial charge is 0.0722 e. The molecule has 0 atom stereocenters. The lowest BCUT2D eigenvalue weighted by Gasteiger charge is -2.10. The Bertz CT molecular complexity index is 489. The van der Waals surface area contributed by atoms with Crippen molar-refractivity contribution in [2.45, 2.75) is 34.3 Å². The van der Waals surface area contributed by atoms with E-state index >= 15 is 0 Å². The lowest BCUT2D eigenvalue weighted by atomic mass is 9.99. The molecule has 0 aliphatic heterocycles. The lowest BCUT2D eigenvalue weighted by Crippen LogP contribution is -1.94. The molecule has 0 bridgehead atoms. The molecule has 2 aromatic carbocycles. The quantitative estimate of drug-likeness (QED) is 0.728. The van der Waals surface area contributed by atoms with E-state index in [-0.39, 0.29) is 0 Å². The zero-order chi connectivity index (χ0) is 14.1. The standard InChI is InChI=1S/C16H18O.C2H6/c1-3-17-12-15-8-4-5-10-16(15)14-9-6-7-13(2)11-14;1-2/h4-11H,3,12H2,1-2H3;1-2H3. The average Bonchev–Trinajstić information content (AvgIpc) is 2.47. The normalized spacial score (nSPS) is 9.68. The first kappa shape index (κ1) is 15.5. The van der Waals surface area contributed by atoms with Gasteiger partial charge >= 0.3 is 0 Å². The van der Waals surface area contributed by atoms with Crippen molar-refractivity contribution in [3.05, 3.63) is 59.7 Å². The average molecular weight is 256 g/mol. The van der Waals surface area contributed by atoms with Crippen LogP contribution < -0.4 is 0 Å². The third-order valence-corrected chi connectivity index (χ3v) is 2.81. The largest absolute Gasteiger partial charge is 0.377 e. The highest BCUT2D eigenvalue weighted by atomic mass is 16.5. The molecule has 2 aromatic rings. The van der Waals surface area contributed by atoms with Gasteiger partial charge in [0.25, 0.3) is 0 Å². The van der Waals surface area contributed by atoms with Crippen LogP contribution in [0.4, 0.5) is 0 Å². The molecule has 0 aliphatic carbocycles. The minimum atomic E-state index is 0.681. The molecule has 0 radical (unpaired) electrons. The van der Waals surface area contributed by atoms with Crippen LogP contribution in [0, 0.1) is 6.92 Å². The van der Waals surface area contributed by atoms with Gasteiger partial charge in [-0.3, -0.25) is 0 Å². The van der Waals surface area contributed by atoms with Crippen LogP contribution in [0.1, 0.15) is 31.9 Å². The third-order valence-electron chi connectivity index (χ3n) is 2.81. The number of ether oxygens (including phenoxy) is 1. The van der Waals surface area contributed by atoms with Crippen LogP contribution in [-0.4, -0.2) is 6.61 Å². The van der Waals surface area contributed by atoms with E-state index in [2.05, 4.69) is 55.5 Å². The second-order valence-corrected chi connectivity index (χ2v) is 4.16. The Morgan fingerprint density at radius 2 is 1.68 bits per heavy atom. The summed E-state index contributed by atoms with van der Waals surface area (Å²) in [7, 11) is 0. The first-order valence-electron chi connectivity index (χ1n) is 7.04. The van der Waals surface area contributed by atoms with Crippen LogP contribution in [0.25, 0.3) is 11.1 Å². The molecule has 2 rings (SSSR count). The van der Waals surface area contributed by atoms with Gasteiger partial charge in [0.2, 0.25) is 0 Å². The van der Waals surface area contributed by atoms with Crippen LogP contribution in [0.5, 0.6) is 0 Å². The van der Waals surface area contributed by atoms with E-state index in [1.165, 1.54) is 22.3 Å². The van der Waals surface area contributed by atoms with Crippen molar-refractivity contribution in [1.82, 2.24) is 0 Å². The highest BCUT2D eigenvalue weighted by Crippen LogP contribution is 2.24. The van der Waals surface area contributed by atoms with Crippen molar-refractivity contribution in [2.24, 2.45) is 0 Å². The summed E-state index contributed by atoms with van der Waals surface area (Å²) in [5.74, 6) is 0. The van der Waals surface area contributed by atoms with Gasteiger partial charge in [-0.25, -0.2) is 0 Å². The maximum absolute atomic E-state index is 5.51. The Balaban J connectivity index is 0.000000861. The van der Waals surface area contributed by atoms with Crippen LogP contribution >= 0.6 is 0 Å². The molecule has 0 heterocycles. The van der Waals surface area contributed by atoms with Crippen molar-refractivity contribution < 1.29 is 4.74 Å². The molecule has 0 saturated carbocycles. The fourth-order valence-electron chi connectivity index (χ4n) is 1.95. The third kappa shape index (κ3) is 4.53. The maximum atomic E-state index is 5.51. The van der Waals surface area contributed by atoms with E-state index in [1.807, 2.05) is 20.8 Å². The first-order chi connectivity index (χ1) is 9.31. The van der Waals surface area contributed by atoms with E-state index in [4.69, 9.17) is 4.74 Å². The molecule has 0 fully saturated rings. The van der Waals surface area contributed by atoms with Gasteiger partial charge in [0.05, 0.1) is 6.61 Å². The molecule has 0 spiro atoms. The van der Waals surface area contributed by atoms with Gasteiger partial charge < -0.3 is 4.74 Å². The molecular weight excluding hydrogens is 232 g/mol. The predicted octanol–water partition coefficient (Wildman–Crippen LogP) is 5.22. The van der Waals surface area contributed by atoms with Gasteiger partial charge in [-0.15, -0.1) is 0 Å². The van der Waals surface area contributed by atoms with E-state index in [0.29, 0.717) is 6.61 Å². The van der Waals surface area contributed by atoms with Crippen molar-refractivity contribution in [1.29, 1.82) is 0 Å². The summed E-state index contributed by atoms with van der Waals surface area (Å²) in [6.45, 7) is 9.58. The number of hydrogen-bond acceptors (Lipinski definition) is 1. The summed E-state index contributed by atoms with van der Waals surface area (Å²) >= 11 is 0. The monoisotopic (exact) mass is 256 g/mol. The fourth-order valence-corrected chi connectivity index (χ4v) is 1.95. The van der Waals surface area contributed by atoms with Crippen LogP contribution in [-0.2, 0) is 11.3 Å². The van der Waals surface area contributed by atoms with Gasteiger partial charge in [0, 0.05) is 6.61 Å². The molecule has 0 saturated heterocycles. The van der Waals surface area contributed by atoms with Gasteiger partial charge in [0.15, 0.2) is 0 Å². The molecule has 19 heavy (non-hydrogen) atoms. The molecule has 0 aromatic heterocycles. The zero-order valence-corrected chi connectivity index (χ0v) is 12.4. The molecule has 1 heteroatoms. The molecular formula is C18H24O. The van der Waals surface area contributed by atoms with Gasteiger partial charge in [-0.05, 0) is 30.5 Å². The van der Waals surface area contributed by atoms with Crippen molar-refractivity contribution in [3.63, 3.8) is 0 Å². The Morgan fingerprint density at radius 1 is 0.947 bits per heavy atom. The second-order valence-electron chi connectivity index (χ2n) is 4.16. The fraction of sp³-hybridized carbons (Fsp3) is 0.333. The van der Waals surface area contributed by atoms with Gasteiger partial charge in [-0.1, -0.05) is 67.9 Å².